The first kappa shape index (κ1) is 138. The summed E-state index contributed by atoms with van der Waals surface area (Å²) in [5, 5.41) is 191. The lowest BCUT2D eigenvalue weighted by Gasteiger charge is -2.41. The third-order valence-corrected chi connectivity index (χ3v) is 31.1. The second kappa shape index (κ2) is 91.9. The predicted molar refractivity (Wildman–Crippen MR) is 579 cm³/mol. The molecule has 856 valence electrons. The van der Waals surface area contributed by atoms with Gasteiger partial charge < -0.3 is 121 Å². The molecule has 0 radical (unpaired) electrons. The van der Waals surface area contributed by atoms with Gasteiger partial charge in [-0.15, -0.1) is 0 Å². The highest BCUT2D eigenvalue weighted by Crippen LogP contribution is 2.33. The normalized spacial score (nSPS) is 22.9. The predicted octanol–water partition coefficient (Wildman–Crippen LogP) is 19.4. The van der Waals surface area contributed by atoms with Crippen LogP contribution in [0.5, 0.6) is 0 Å². The van der Waals surface area contributed by atoms with Crippen LogP contribution >= 0.6 is 0 Å². The average molecular weight is 2060 g/mol. The zero-order valence-corrected chi connectivity index (χ0v) is 92.6. The van der Waals surface area contributed by atoms with Gasteiger partial charge in [0.15, 0.2) is 0 Å². The van der Waals surface area contributed by atoms with Crippen molar-refractivity contribution in [1.82, 2.24) is 14.7 Å². The van der Waals surface area contributed by atoms with Gasteiger partial charge in [-0.05, 0) is 44.9 Å². The molecule has 0 aromatic heterocycles. The maximum Gasteiger partial charge on any atom is 0.254 e. The van der Waals surface area contributed by atoms with Crippen LogP contribution in [0.25, 0.3) is 0 Å². The van der Waals surface area contributed by atoms with Crippen LogP contribution in [0.15, 0.2) is 0 Å². The molecule has 27 heteroatoms. The third-order valence-electron chi connectivity index (χ3n) is 31.1. The minimum atomic E-state index is -1.61. The number of carbonyl (C=O) groups excluding carboxylic acids is 3. The number of aliphatic hydroxyl groups is 18. The van der Waals surface area contributed by atoms with Crippen molar-refractivity contribution < 1.29 is 121 Å². The molecule has 9 unspecified atom stereocenters. The Morgan fingerprint density at radius 1 is 0.229 bits per heavy atom. The van der Waals surface area contributed by atoms with Gasteiger partial charge in [-0.25, -0.2) is 0 Å². The van der Waals surface area contributed by atoms with Crippen molar-refractivity contribution in [1.29, 1.82) is 0 Å². The summed E-state index contributed by atoms with van der Waals surface area (Å²) in [7, 11) is 0. The summed E-state index contributed by atoms with van der Waals surface area (Å²) >= 11 is 0. The Morgan fingerprint density at radius 2 is 0.396 bits per heavy atom. The molecule has 3 aliphatic heterocycles. The minimum absolute atomic E-state index is 0.0270. The van der Waals surface area contributed by atoms with Gasteiger partial charge in [0, 0.05) is 58.5 Å². The molecule has 3 rings (SSSR count). The van der Waals surface area contributed by atoms with E-state index in [1.807, 2.05) is 0 Å². The molecular weight excluding hydrogens is 1830 g/mol. The van der Waals surface area contributed by atoms with Gasteiger partial charge in [0.25, 0.3) is 17.7 Å². The Balaban J connectivity index is 0.00000127. The monoisotopic (exact) mass is 2060 g/mol. The van der Waals surface area contributed by atoms with E-state index in [0.717, 1.165) is 161 Å². The molecule has 0 bridgehead atoms. The maximum absolute atomic E-state index is 14.9. The topological polar surface area (TPSA) is 453 Å². The largest absolute Gasteiger partial charge is 0.394 e. The summed E-state index contributed by atoms with van der Waals surface area (Å²) in [5.74, 6) is -1.20. The number of aliphatic hydroxyl groups excluding tert-OH is 17. The molecule has 0 spiro atoms. The van der Waals surface area contributed by atoms with Crippen LogP contribution in [-0.4, -0.2) is 311 Å². The Kier molecular flexibility index (Phi) is 87.9. The fourth-order valence-corrected chi connectivity index (χ4v) is 21.5. The number of carbonyl (C=O) groups is 3. The summed E-state index contributed by atoms with van der Waals surface area (Å²) < 4.78 is 17.0. The van der Waals surface area contributed by atoms with Crippen LogP contribution in [-0.2, 0) is 28.6 Å². The van der Waals surface area contributed by atoms with E-state index in [2.05, 4.69) is 34.6 Å². The lowest BCUT2D eigenvalue weighted by molar-refractivity contribution is -0.234. The Morgan fingerprint density at radius 3 is 0.597 bits per heavy atom. The summed E-state index contributed by atoms with van der Waals surface area (Å²) in [6.45, 7) is 10.5. The number of hydrogen-bond donors (Lipinski definition) is 18. The van der Waals surface area contributed by atoms with Crippen LogP contribution in [0.3, 0.4) is 0 Å². The quantitative estimate of drug-likeness (QED) is 0.0251. The van der Waals surface area contributed by atoms with E-state index in [4.69, 9.17) is 14.2 Å². The zero-order chi connectivity index (χ0) is 106. The first-order valence-corrected chi connectivity index (χ1v) is 60.7. The highest BCUT2D eigenvalue weighted by molar-refractivity contribution is 5.85. The summed E-state index contributed by atoms with van der Waals surface area (Å²) in [5.41, 5.74) is -1.61. The fourth-order valence-electron chi connectivity index (χ4n) is 21.5. The highest BCUT2D eigenvalue weighted by Gasteiger charge is 2.48. The summed E-state index contributed by atoms with van der Waals surface area (Å²) in [6.07, 6.45) is 58.1. The standard InChI is InChI=1S/C80H156N2O16.C37H73NO8/c1-4-7-10-13-16-19-22-25-27-32-37-42-47-52-57-81(61-65(85)59-68-72(88)76(92)74(90)70(63-83)97-68)78(94)67(87)54-49-44-39-34-29-31-36-41-46-51-56-80(96,55-50-45-40-35-30-24-21-18-15-12-9-6-3)79(95)82(58-53-48-43-38-33-28-26-23-20-17-14-11-8-5-2)62-66(86)60-69-73(89)77(93)75(91)71(64-84)98-69;1-3-5-7-9-11-13-14-15-16-17-18-20-22-24-26-38(37(45)31(41)25-23-21-19-12-10-8-6-4-2)28-30(40)27-32-34(42)36(44)35(43)33(29-39)46-32/h65-77,83-93,96H,4-64H2,1-3H3;30-36,39-44H,3-29H2,1-2H3/t65?,66?,67?,68?,69?,70-,71-,72+,73+,74-,75-,76-,77-,80?;30?,31?,32?,33-,34+,35-,36-/m11/s1. The molecule has 3 saturated heterocycles. The van der Waals surface area contributed by atoms with Crippen LogP contribution in [0.2, 0.25) is 0 Å². The molecular formula is C117H229N3O24. The lowest BCUT2D eigenvalue weighted by Crippen LogP contribution is -2.59. The Labute approximate surface area is 876 Å². The summed E-state index contributed by atoms with van der Waals surface area (Å²) in [6, 6.07) is 0. The van der Waals surface area contributed by atoms with E-state index >= 15 is 0 Å². The second-order valence-electron chi connectivity index (χ2n) is 44.4. The van der Waals surface area contributed by atoms with Crippen molar-refractivity contribution in [2.75, 3.05) is 59.1 Å². The molecule has 0 aliphatic carbocycles. The SMILES string of the molecule is CCCCCCCCCCCCCCCCN(CC(O)CC1O[C@H](CO)[C@@H](O)[C@H](O)[C@H]1O)C(=O)C(O)CCCCCCCCCC.CCCCCCCCCCCCCCCCN(CC(O)CC1O[C@H](CO)[C@@H](O)[C@H](O)[C@H]1O)C(=O)C(O)CCCCCCCCCCCCC(O)(CCCCCCCCCCCCCC)C(=O)N(CCCCCCCCCCCCCCCC)CC(O)CC1O[C@H](CO)[C@@H](O)[C@H](O)[C@H]1O. The average Bonchev–Trinajstić information content (AvgIpc) is 0.812. The lowest BCUT2D eigenvalue weighted by atomic mass is 9.87. The number of nitrogens with zero attached hydrogens (tertiary/aromatic N) is 3. The third kappa shape index (κ3) is 65.3. The van der Waals surface area contributed by atoms with E-state index < -0.39 is 153 Å². The molecule has 18 N–H and O–H groups in total. The van der Waals surface area contributed by atoms with Crippen LogP contribution in [0.1, 0.15) is 542 Å². The maximum atomic E-state index is 14.9. The van der Waals surface area contributed by atoms with E-state index in [1.165, 1.54) is 292 Å². The Bertz CT molecular complexity index is 2860. The summed E-state index contributed by atoms with van der Waals surface area (Å²) in [4.78, 5) is 46.7. The van der Waals surface area contributed by atoms with Crippen molar-refractivity contribution in [2.24, 2.45) is 0 Å². The van der Waals surface area contributed by atoms with Crippen LogP contribution < -0.4 is 0 Å². The molecule has 27 nitrogen and oxygen atoms in total. The Hall–Kier alpha value is -2.43. The van der Waals surface area contributed by atoms with E-state index in [1.54, 1.807) is 4.90 Å². The number of rotatable bonds is 98. The highest BCUT2D eigenvalue weighted by atomic mass is 16.6. The number of hydrogen-bond acceptors (Lipinski definition) is 24. The molecule has 3 heterocycles. The molecule has 144 heavy (non-hydrogen) atoms. The van der Waals surface area contributed by atoms with Crippen molar-refractivity contribution >= 4 is 17.7 Å². The molecule has 3 aliphatic rings. The van der Waals surface area contributed by atoms with Crippen molar-refractivity contribution in [3.05, 3.63) is 0 Å². The van der Waals surface area contributed by atoms with Gasteiger partial charge >= 0.3 is 0 Å². The van der Waals surface area contributed by atoms with E-state index in [-0.39, 0.29) is 50.7 Å². The van der Waals surface area contributed by atoms with Gasteiger partial charge in [0.2, 0.25) is 0 Å². The smallest absolute Gasteiger partial charge is 0.254 e. The molecule has 0 aromatic rings. The number of ether oxygens (including phenoxy) is 3. The second-order valence-corrected chi connectivity index (χ2v) is 44.4. The molecule has 3 amide bonds. The van der Waals surface area contributed by atoms with Gasteiger partial charge in [0.1, 0.15) is 91.1 Å². The number of unbranched alkanes of at least 4 members (excludes halogenated alkanes) is 66. The molecule has 3 fully saturated rings. The van der Waals surface area contributed by atoms with Gasteiger partial charge in [-0.3, -0.25) is 14.4 Å². The minimum Gasteiger partial charge on any atom is -0.394 e. The van der Waals surface area contributed by atoms with E-state index in [0.29, 0.717) is 64.6 Å². The van der Waals surface area contributed by atoms with Crippen molar-refractivity contribution in [3.63, 3.8) is 0 Å². The van der Waals surface area contributed by atoms with E-state index in [9.17, 15) is 106 Å². The first-order chi connectivity index (χ1) is 69.7. The fraction of sp³-hybridized carbons (Fsp3) is 0.974. The van der Waals surface area contributed by atoms with Crippen LogP contribution in [0.4, 0.5) is 0 Å². The van der Waals surface area contributed by atoms with Crippen molar-refractivity contribution in [2.45, 2.75) is 670 Å². The molecule has 0 saturated carbocycles. The molecule has 0 aromatic carbocycles. The first-order valence-electron chi connectivity index (χ1n) is 60.7. The van der Waals surface area contributed by atoms with Crippen molar-refractivity contribution in [3.8, 4) is 0 Å². The van der Waals surface area contributed by atoms with Gasteiger partial charge in [-0.2, -0.15) is 0 Å². The van der Waals surface area contributed by atoms with Gasteiger partial charge in [0.05, 0.1) is 56.4 Å². The van der Waals surface area contributed by atoms with Crippen LogP contribution in [0, 0.1) is 0 Å². The molecule has 21 atom stereocenters. The zero-order valence-electron chi connectivity index (χ0n) is 92.6. The number of amides is 3. The van der Waals surface area contributed by atoms with Gasteiger partial charge in [-0.1, -0.05) is 478 Å².